The molecule has 5 heteroatoms. The van der Waals surface area contributed by atoms with Gasteiger partial charge < -0.3 is 4.90 Å². The molecule has 0 atom stereocenters. The predicted octanol–water partition coefficient (Wildman–Crippen LogP) is 5.78. The lowest BCUT2D eigenvalue weighted by atomic mass is 9.96. The minimum atomic E-state index is 0.222. The van der Waals surface area contributed by atoms with E-state index in [1.165, 1.54) is 21.6 Å². The zero-order chi connectivity index (χ0) is 21.6. The second-order valence-electron chi connectivity index (χ2n) is 7.84. The maximum absolute atomic E-state index is 12.8. The summed E-state index contributed by atoms with van der Waals surface area (Å²) in [5.74, 6) is 0.714. The van der Waals surface area contributed by atoms with Crippen LogP contribution < -0.4 is 0 Å². The Labute approximate surface area is 197 Å². The molecule has 0 radical (unpaired) electrons. The van der Waals surface area contributed by atoms with Crippen molar-refractivity contribution in [1.82, 2.24) is 9.80 Å². The summed E-state index contributed by atoms with van der Waals surface area (Å²) in [5, 5.41) is 0. The Balaban J connectivity index is 1.39. The Bertz CT molecular complexity index is 965. The highest BCUT2D eigenvalue weighted by molar-refractivity contribution is 9.10. The third kappa shape index (κ3) is 5.59. The van der Waals surface area contributed by atoms with Crippen LogP contribution in [0.1, 0.15) is 22.7 Å². The Morgan fingerprint density at radius 2 is 1.48 bits per heavy atom. The van der Waals surface area contributed by atoms with Gasteiger partial charge >= 0.3 is 0 Å². The van der Waals surface area contributed by atoms with Gasteiger partial charge in [0.25, 0.3) is 0 Å². The van der Waals surface area contributed by atoms with E-state index in [9.17, 15) is 4.79 Å². The first-order valence-corrected chi connectivity index (χ1v) is 12.4. The zero-order valence-electron chi connectivity index (χ0n) is 17.7. The number of halogens is 1. The van der Waals surface area contributed by atoms with Crippen LogP contribution in [0.2, 0.25) is 0 Å². The fraction of sp³-hybridized carbons (Fsp3) is 0.269. The van der Waals surface area contributed by atoms with Crippen molar-refractivity contribution in [1.29, 1.82) is 0 Å². The van der Waals surface area contributed by atoms with Crippen LogP contribution in [0.4, 0.5) is 0 Å². The van der Waals surface area contributed by atoms with E-state index in [1.807, 2.05) is 11.0 Å². The van der Waals surface area contributed by atoms with Gasteiger partial charge in [-0.25, -0.2) is 0 Å². The lowest BCUT2D eigenvalue weighted by Gasteiger charge is -2.39. The summed E-state index contributed by atoms with van der Waals surface area (Å²) in [6.07, 6.45) is 0. The molecule has 31 heavy (non-hydrogen) atoms. The number of hydrogen-bond donors (Lipinski definition) is 0. The molecule has 3 aromatic rings. The lowest BCUT2D eigenvalue weighted by molar-refractivity contribution is -0.130. The van der Waals surface area contributed by atoms with E-state index < -0.39 is 0 Å². The Kier molecular flexibility index (Phi) is 7.49. The second kappa shape index (κ2) is 10.5. The summed E-state index contributed by atoms with van der Waals surface area (Å²) >= 11 is 5.13. The highest BCUT2D eigenvalue weighted by atomic mass is 79.9. The first kappa shape index (κ1) is 22.1. The van der Waals surface area contributed by atoms with Crippen LogP contribution >= 0.6 is 27.7 Å². The summed E-state index contributed by atoms with van der Waals surface area (Å²) in [7, 11) is 0. The molecule has 1 heterocycles. The Morgan fingerprint density at radius 3 is 2.03 bits per heavy atom. The number of thioether (sulfide) groups is 1. The van der Waals surface area contributed by atoms with Crippen LogP contribution in [-0.2, 0) is 4.79 Å². The molecule has 4 rings (SSSR count). The summed E-state index contributed by atoms with van der Waals surface area (Å²) < 4.78 is 1.07. The number of aryl methyl sites for hydroxylation is 1. The van der Waals surface area contributed by atoms with Crippen LogP contribution in [0, 0.1) is 6.92 Å². The maximum Gasteiger partial charge on any atom is 0.233 e. The van der Waals surface area contributed by atoms with Crippen LogP contribution in [0.3, 0.4) is 0 Å². The molecule has 1 aliphatic heterocycles. The molecule has 0 N–H and O–H groups in total. The largest absolute Gasteiger partial charge is 0.339 e. The van der Waals surface area contributed by atoms with Gasteiger partial charge in [-0.1, -0.05) is 76.6 Å². The topological polar surface area (TPSA) is 23.6 Å². The number of carbonyl (C=O) groups excluding carboxylic acids is 1. The first-order chi connectivity index (χ1) is 15.1. The standard InChI is InChI=1S/C26H27BrN2OS/c1-20-18-23(27)12-13-24(20)31-19-25(30)28-14-16-29(17-15-28)26(21-8-4-2-5-9-21)22-10-6-3-7-11-22/h2-13,18,26H,14-17,19H2,1H3. The van der Waals surface area contributed by atoms with Gasteiger partial charge in [0.1, 0.15) is 0 Å². The van der Waals surface area contributed by atoms with Crippen LogP contribution in [-0.4, -0.2) is 47.6 Å². The number of amides is 1. The second-order valence-corrected chi connectivity index (χ2v) is 9.77. The van der Waals surface area contributed by atoms with E-state index in [-0.39, 0.29) is 11.9 Å². The van der Waals surface area contributed by atoms with Gasteiger partial charge in [-0.3, -0.25) is 9.69 Å². The Morgan fingerprint density at radius 1 is 0.903 bits per heavy atom. The molecule has 0 aromatic heterocycles. The summed E-state index contributed by atoms with van der Waals surface area (Å²) in [4.78, 5) is 18.5. The lowest BCUT2D eigenvalue weighted by Crippen LogP contribution is -2.50. The van der Waals surface area contributed by atoms with Crippen LogP contribution in [0.5, 0.6) is 0 Å². The number of nitrogens with zero attached hydrogens (tertiary/aromatic N) is 2. The minimum Gasteiger partial charge on any atom is -0.339 e. The first-order valence-electron chi connectivity index (χ1n) is 10.6. The van der Waals surface area contributed by atoms with Gasteiger partial charge in [0.15, 0.2) is 0 Å². The fourth-order valence-electron chi connectivity index (χ4n) is 4.12. The molecule has 1 saturated heterocycles. The number of hydrogen-bond acceptors (Lipinski definition) is 3. The molecule has 0 aliphatic carbocycles. The van der Waals surface area contributed by atoms with E-state index in [0.29, 0.717) is 5.75 Å². The maximum atomic E-state index is 12.8. The monoisotopic (exact) mass is 494 g/mol. The van der Waals surface area contributed by atoms with Crippen molar-refractivity contribution in [2.75, 3.05) is 31.9 Å². The number of carbonyl (C=O) groups is 1. The summed E-state index contributed by atoms with van der Waals surface area (Å²) in [6.45, 7) is 5.39. The van der Waals surface area contributed by atoms with Gasteiger partial charge in [0, 0.05) is 35.5 Å². The van der Waals surface area contributed by atoms with Gasteiger partial charge in [-0.15, -0.1) is 11.8 Å². The van der Waals surface area contributed by atoms with Gasteiger partial charge in [0.05, 0.1) is 11.8 Å². The molecular weight excluding hydrogens is 468 g/mol. The summed E-state index contributed by atoms with van der Waals surface area (Å²) in [6, 6.07) is 27.8. The minimum absolute atomic E-state index is 0.222. The van der Waals surface area contributed by atoms with E-state index in [2.05, 4.69) is 101 Å². The van der Waals surface area contributed by atoms with Gasteiger partial charge in [-0.05, 0) is 41.8 Å². The highest BCUT2D eigenvalue weighted by Gasteiger charge is 2.28. The third-order valence-corrected chi connectivity index (χ3v) is 7.40. The van der Waals surface area contributed by atoms with Crippen molar-refractivity contribution < 1.29 is 4.79 Å². The zero-order valence-corrected chi connectivity index (χ0v) is 20.1. The molecule has 0 unspecified atom stereocenters. The summed E-state index contributed by atoms with van der Waals surface area (Å²) in [5.41, 5.74) is 3.80. The van der Waals surface area contributed by atoms with Crippen molar-refractivity contribution in [3.8, 4) is 0 Å². The van der Waals surface area contributed by atoms with Crippen molar-refractivity contribution in [3.05, 3.63) is 100 Å². The molecule has 1 amide bonds. The Hall–Kier alpha value is -2.08. The molecule has 3 aromatic carbocycles. The van der Waals surface area contributed by atoms with Crippen LogP contribution in [0.15, 0.2) is 88.2 Å². The van der Waals surface area contributed by atoms with E-state index in [4.69, 9.17) is 0 Å². The molecule has 160 valence electrons. The highest BCUT2D eigenvalue weighted by Crippen LogP contribution is 2.30. The number of piperazine rings is 1. The van der Waals surface area contributed by atoms with E-state index >= 15 is 0 Å². The van der Waals surface area contributed by atoms with Crippen LogP contribution in [0.25, 0.3) is 0 Å². The van der Waals surface area contributed by atoms with E-state index in [1.54, 1.807) is 11.8 Å². The quantitative estimate of drug-likeness (QED) is 0.405. The predicted molar refractivity (Wildman–Crippen MR) is 132 cm³/mol. The number of benzene rings is 3. The molecule has 0 bridgehead atoms. The molecular formula is C26H27BrN2OS. The molecule has 1 aliphatic rings. The number of rotatable bonds is 6. The van der Waals surface area contributed by atoms with Gasteiger partial charge in [-0.2, -0.15) is 0 Å². The third-order valence-electron chi connectivity index (χ3n) is 5.75. The molecule has 0 spiro atoms. The average molecular weight is 495 g/mol. The molecule has 0 saturated carbocycles. The van der Waals surface area contributed by atoms with Crippen molar-refractivity contribution in [2.45, 2.75) is 17.9 Å². The smallest absolute Gasteiger partial charge is 0.233 e. The average Bonchev–Trinajstić information content (AvgIpc) is 2.80. The SMILES string of the molecule is Cc1cc(Br)ccc1SCC(=O)N1CCN(C(c2ccccc2)c2ccccc2)CC1. The fourth-order valence-corrected chi connectivity index (χ4v) is 5.51. The van der Waals surface area contributed by atoms with Crippen molar-refractivity contribution in [3.63, 3.8) is 0 Å². The molecule has 1 fully saturated rings. The molecule has 3 nitrogen and oxygen atoms in total. The normalized spacial score (nSPS) is 14.7. The van der Waals surface area contributed by atoms with Crippen molar-refractivity contribution >= 4 is 33.6 Å². The van der Waals surface area contributed by atoms with Crippen molar-refractivity contribution in [2.24, 2.45) is 0 Å². The van der Waals surface area contributed by atoms with E-state index in [0.717, 1.165) is 30.7 Å². The van der Waals surface area contributed by atoms with Gasteiger partial charge in [0.2, 0.25) is 5.91 Å².